The molecule has 2 aromatic carbocycles. The first-order valence-corrected chi connectivity index (χ1v) is 7.47. The Bertz CT molecular complexity index is 739. The summed E-state index contributed by atoms with van der Waals surface area (Å²) >= 11 is 12.0. The number of nitrogens with one attached hydrogen (secondary N) is 1. The number of fused-ring (bicyclic) bond motifs is 1. The summed E-state index contributed by atoms with van der Waals surface area (Å²) < 4.78 is 0. The van der Waals surface area contributed by atoms with Gasteiger partial charge < -0.3 is 10.7 Å². The largest absolute Gasteiger partial charge is 0.399 e. The van der Waals surface area contributed by atoms with E-state index in [4.69, 9.17) is 28.9 Å². The van der Waals surface area contributed by atoms with E-state index in [0.29, 0.717) is 16.0 Å². The second-order valence-electron chi connectivity index (χ2n) is 5.24. The predicted octanol–water partition coefficient (Wildman–Crippen LogP) is 4.80. The molecular formula is C16H15Cl2N3. The van der Waals surface area contributed by atoms with Gasteiger partial charge in [0.25, 0.3) is 0 Å². The molecule has 3 N–H and O–H groups in total. The van der Waals surface area contributed by atoms with Crippen LogP contribution in [-0.4, -0.2) is 9.97 Å². The smallest absolute Gasteiger partial charge is 0.107 e. The van der Waals surface area contributed by atoms with Crippen LogP contribution in [0.2, 0.25) is 10.0 Å². The number of nitrogens with two attached hydrogens (primary N) is 1. The summed E-state index contributed by atoms with van der Waals surface area (Å²) in [7, 11) is 0. The lowest BCUT2D eigenvalue weighted by Gasteiger charge is -2.10. The third kappa shape index (κ3) is 2.99. The topological polar surface area (TPSA) is 54.7 Å². The Morgan fingerprint density at radius 3 is 2.52 bits per heavy atom. The molecule has 0 bridgehead atoms. The lowest BCUT2D eigenvalue weighted by molar-refractivity contribution is 0.729. The van der Waals surface area contributed by atoms with Gasteiger partial charge in [0.15, 0.2) is 0 Å². The summed E-state index contributed by atoms with van der Waals surface area (Å²) in [5, 5.41) is 1.06. The van der Waals surface area contributed by atoms with Crippen LogP contribution in [0.1, 0.15) is 24.2 Å². The van der Waals surface area contributed by atoms with Crippen LogP contribution in [0.3, 0.4) is 0 Å². The maximum atomic E-state index is 6.02. The molecule has 0 radical (unpaired) electrons. The van der Waals surface area contributed by atoms with Gasteiger partial charge in [-0.15, -0.1) is 0 Å². The zero-order valence-corrected chi connectivity index (χ0v) is 13.0. The zero-order chi connectivity index (χ0) is 15.0. The molecule has 0 amide bonds. The molecule has 3 aromatic rings. The Hall–Kier alpha value is -1.71. The Morgan fingerprint density at radius 1 is 1.14 bits per heavy atom. The van der Waals surface area contributed by atoms with Crippen molar-refractivity contribution >= 4 is 39.9 Å². The molecule has 1 heterocycles. The Labute approximate surface area is 133 Å². The lowest BCUT2D eigenvalue weighted by atomic mass is 9.97. The first-order valence-electron chi connectivity index (χ1n) is 6.72. The number of nitrogens with zero attached hydrogens (tertiary/aromatic N) is 1. The van der Waals surface area contributed by atoms with Crippen LogP contribution in [0.15, 0.2) is 36.4 Å². The Kier molecular flexibility index (Phi) is 3.79. The summed E-state index contributed by atoms with van der Waals surface area (Å²) in [6.07, 6.45) is 0.813. The molecule has 0 aliphatic carbocycles. The number of imidazole rings is 1. The molecule has 1 aromatic heterocycles. The van der Waals surface area contributed by atoms with Gasteiger partial charge in [-0.25, -0.2) is 4.98 Å². The minimum atomic E-state index is 0.345. The third-order valence-electron chi connectivity index (χ3n) is 3.58. The van der Waals surface area contributed by atoms with Crippen LogP contribution in [-0.2, 0) is 6.42 Å². The van der Waals surface area contributed by atoms with Crippen molar-refractivity contribution in [3.05, 3.63) is 57.8 Å². The van der Waals surface area contributed by atoms with Gasteiger partial charge in [-0.05, 0) is 35.7 Å². The molecule has 1 atom stereocenters. The third-order valence-corrected chi connectivity index (χ3v) is 4.30. The highest BCUT2D eigenvalue weighted by molar-refractivity contribution is 6.42. The molecule has 0 fully saturated rings. The van der Waals surface area contributed by atoms with Crippen molar-refractivity contribution in [3.8, 4) is 0 Å². The summed E-state index contributed by atoms with van der Waals surface area (Å²) in [6.45, 7) is 2.17. The molecule has 0 spiro atoms. The number of H-pyrrole nitrogens is 1. The number of anilines is 1. The first kappa shape index (κ1) is 14.2. The molecule has 3 nitrogen and oxygen atoms in total. The van der Waals surface area contributed by atoms with Crippen molar-refractivity contribution in [1.29, 1.82) is 0 Å². The number of nitrogen functional groups attached to an aromatic ring is 1. The summed E-state index contributed by atoms with van der Waals surface area (Å²) in [4.78, 5) is 7.87. The average Bonchev–Trinajstić information content (AvgIpc) is 2.81. The maximum absolute atomic E-state index is 6.02. The minimum Gasteiger partial charge on any atom is -0.399 e. The summed E-state index contributed by atoms with van der Waals surface area (Å²) in [6, 6.07) is 11.5. The van der Waals surface area contributed by atoms with E-state index in [1.807, 2.05) is 18.2 Å². The highest BCUT2D eigenvalue weighted by atomic mass is 35.5. The van der Waals surface area contributed by atoms with Crippen molar-refractivity contribution < 1.29 is 0 Å². The fourth-order valence-corrected chi connectivity index (χ4v) is 2.71. The van der Waals surface area contributed by atoms with E-state index in [9.17, 15) is 0 Å². The van der Waals surface area contributed by atoms with Crippen LogP contribution in [0.25, 0.3) is 11.0 Å². The second kappa shape index (κ2) is 5.58. The molecule has 5 heteroatoms. The SMILES string of the molecule is CC(Cc1nc2cc(Cl)c(Cl)cc2[nH]1)c1ccc(N)cc1. The lowest BCUT2D eigenvalue weighted by Crippen LogP contribution is -2.00. The number of aromatic amines is 1. The van der Waals surface area contributed by atoms with Gasteiger partial charge >= 0.3 is 0 Å². The monoisotopic (exact) mass is 319 g/mol. The highest BCUT2D eigenvalue weighted by Gasteiger charge is 2.11. The van der Waals surface area contributed by atoms with Gasteiger partial charge in [-0.1, -0.05) is 42.3 Å². The predicted molar refractivity (Wildman–Crippen MR) is 89.1 cm³/mol. The van der Waals surface area contributed by atoms with Gasteiger partial charge in [0.2, 0.25) is 0 Å². The van der Waals surface area contributed by atoms with Crippen LogP contribution in [0.4, 0.5) is 5.69 Å². The van der Waals surface area contributed by atoms with Gasteiger partial charge in [0.05, 0.1) is 21.1 Å². The average molecular weight is 320 g/mol. The molecule has 3 rings (SSSR count). The number of benzene rings is 2. The molecular weight excluding hydrogens is 305 g/mol. The van der Waals surface area contributed by atoms with Crippen molar-refractivity contribution in [1.82, 2.24) is 9.97 Å². The fraction of sp³-hybridized carbons (Fsp3) is 0.188. The molecule has 0 aliphatic rings. The normalized spacial score (nSPS) is 12.7. The summed E-state index contributed by atoms with van der Waals surface area (Å²) in [5.41, 5.74) is 9.47. The van der Waals surface area contributed by atoms with Crippen LogP contribution < -0.4 is 5.73 Å². The number of rotatable bonds is 3. The standard InChI is InChI=1S/C16H15Cl2N3/c1-9(10-2-4-11(19)5-3-10)6-16-20-14-7-12(17)13(18)8-15(14)21-16/h2-5,7-9H,6,19H2,1H3,(H,20,21). The van der Waals surface area contributed by atoms with Crippen LogP contribution >= 0.6 is 23.2 Å². The van der Waals surface area contributed by atoms with E-state index in [1.165, 1.54) is 5.56 Å². The molecule has 0 saturated carbocycles. The van der Waals surface area contributed by atoms with Crippen molar-refractivity contribution in [2.75, 3.05) is 5.73 Å². The molecule has 0 saturated heterocycles. The second-order valence-corrected chi connectivity index (χ2v) is 6.05. The number of hydrogen-bond acceptors (Lipinski definition) is 2. The van der Waals surface area contributed by atoms with Crippen LogP contribution in [0.5, 0.6) is 0 Å². The van der Waals surface area contributed by atoms with Gasteiger partial charge in [-0.3, -0.25) is 0 Å². The molecule has 0 aliphatic heterocycles. The van der Waals surface area contributed by atoms with E-state index >= 15 is 0 Å². The van der Waals surface area contributed by atoms with Crippen molar-refractivity contribution in [2.45, 2.75) is 19.3 Å². The molecule has 108 valence electrons. The Morgan fingerprint density at radius 2 is 1.81 bits per heavy atom. The van der Waals surface area contributed by atoms with E-state index in [-0.39, 0.29) is 0 Å². The van der Waals surface area contributed by atoms with E-state index in [2.05, 4.69) is 29.0 Å². The minimum absolute atomic E-state index is 0.345. The Balaban J connectivity index is 1.85. The number of halogens is 2. The number of hydrogen-bond donors (Lipinski definition) is 2. The fourth-order valence-electron chi connectivity index (χ4n) is 2.39. The van der Waals surface area contributed by atoms with Crippen molar-refractivity contribution in [2.24, 2.45) is 0 Å². The molecule has 21 heavy (non-hydrogen) atoms. The number of aromatic nitrogens is 2. The van der Waals surface area contributed by atoms with Gasteiger partial charge in [0.1, 0.15) is 5.82 Å². The van der Waals surface area contributed by atoms with Gasteiger partial charge in [0, 0.05) is 12.1 Å². The quantitative estimate of drug-likeness (QED) is 0.681. The highest BCUT2D eigenvalue weighted by Crippen LogP contribution is 2.28. The first-order chi connectivity index (χ1) is 10.0. The van der Waals surface area contributed by atoms with Crippen molar-refractivity contribution in [3.63, 3.8) is 0 Å². The van der Waals surface area contributed by atoms with E-state index in [1.54, 1.807) is 6.07 Å². The maximum Gasteiger partial charge on any atom is 0.107 e. The summed E-state index contributed by atoms with van der Waals surface area (Å²) in [5.74, 6) is 1.27. The molecule has 1 unspecified atom stereocenters. The van der Waals surface area contributed by atoms with E-state index < -0.39 is 0 Å². The zero-order valence-electron chi connectivity index (χ0n) is 11.5. The van der Waals surface area contributed by atoms with Crippen LogP contribution in [0, 0.1) is 0 Å². The van der Waals surface area contributed by atoms with Gasteiger partial charge in [-0.2, -0.15) is 0 Å². The van der Waals surface area contributed by atoms with E-state index in [0.717, 1.165) is 29.0 Å².